The van der Waals surface area contributed by atoms with E-state index in [2.05, 4.69) is 29.4 Å². The molecule has 1 aromatic carbocycles. The number of benzene rings is 1. The predicted octanol–water partition coefficient (Wildman–Crippen LogP) is 1.79. The molecule has 2 fully saturated rings. The van der Waals surface area contributed by atoms with Gasteiger partial charge in [0.25, 0.3) is 0 Å². The first-order chi connectivity index (χ1) is 9.21. The van der Waals surface area contributed by atoms with Gasteiger partial charge in [-0.25, -0.2) is 0 Å². The van der Waals surface area contributed by atoms with Gasteiger partial charge in [-0.3, -0.25) is 4.79 Å². The highest BCUT2D eigenvalue weighted by Gasteiger charge is 2.51. The van der Waals surface area contributed by atoms with E-state index in [4.69, 9.17) is 0 Å². The lowest BCUT2D eigenvalue weighted by molar-refractivity contribution is -0.123. The SMILES string of the molecule is CN1CCC(CNC(=O)C2(c3ccccc3)CC2)C1. The lowest BCUT2D eigenvalue weighted by atomic mass is 9.95. The first-order valence-corrected chi connectivity index (χ1v) is 7.23. The van der Waals surface area contributed by atoms with E-state index in [1.807, 2.05) is 18.2 Å². The highest BCUT2D eigenvalue weighted by molar-refractivity contribution is 5.91. The number of hydrogen-bond donors (Lipinski definition) is 1. The van der Waals surface area contributed by atoms with E-state index in [0.717, 1.165) is 32.5 Å². The molecule has 0 aromatic heterocycles. The quantitative estimate of drug-likeness (QED) is 0.893. The molecule has 1 atom stereocenters. The monoisotopic (exact) mass is 258 g/mol. The van der Waals surface area contributed by atoms with Crippen LogP contribution in [0.2, 0.25) is 0 Å². The highest BCUT2D eigenvalue weighted by Crippen LogP contribution is 2.48. The van der Waals surface area contributed by atoms with Crippen LogP contribution in [0.4, 0.5) is 0 Å². The van der Waals surface area contributed by atoms with Crippen molar-refractivity contribution in [2.75, 3.05) is 26.7 Å². The molecule has 1 aliphatic carbocycles. The van der Waals surface area contributed by atoms with E-state index < -0.39 is 0 Å². The number of carbonyl (C=O) groups is 1. The van der Waals surface area contributed by atoms with Gasteiger partial charge in [0.15, 0.2) is 0 Å². The second-order valence-corrected chi connectivity index (χ2v) is 6.08. The number of rotatable bonds is 4. The molecular weight excluding hydrogens is 236 g/mol. The van der Waals surface area contributed by atoms with Crippen molar-refractivity contribution in [3.05, 3.63) is 35.9 Å². The summed E-state index contributed by atoms with van der Waals surface area (Å²) in [5.41, 5.74) is 0.960. The maximum absolute atomic E-state index is 12.4. The van der Waals surface area contributed by atoms with Gasteiger partial charge >= 0.3 is 0 Å². The van der Waals surface area contributed by atoms with Gasteiger partial charge in [-0.15, -0.1) is 0 Å². The van der Waals surface area contributed by atoms with Crippen LogP contribution in [0.25, 0.3) is 0 Å². The van der Waals surface area contributed by atoms with Crippen LogP contribution < -0.4 is 5.32 Å². The Balaban J connectivity index is 1.59. The molecule has 1 saturated carbocycles. The largest absolute Gasteiger partial charge is 0.355 e. The standard InChI is InChI=1S/C16H22N2O/c1-18-10-7-13(12-18)11-17-15(19)16(8-9-16)14-5-3-2-4-6-14/h2-6,13H,7-12H2,1H3,(H,17,19). The van der Waals surface area contributed by atoms with E-state index in [1.54, 1.807) is 0 Å². The van der Waals surface area contributed by atoms with Crippen molar-refractivity contribution in [3.8, 4) is 0 Å². The Kier molecular flexibility index (Phi) is 3.31. The van der Waals surface area contributed by atoms with Crippen molar-refractivity contribution in [1.82, 2.24) is 10.2 Å². The molecule has 3 heteroatoms. The Hall–Kier alpha value is -1.35. The first kappa shape index (κ1) is 12.7. The van der Waals surface area contributed by atoms with Crippen molar-refractivity contribution in [2.45, 2.75) is 24.7 Å². The van der Waals surface area contributed by atoms with Crippen molar-refractivity contribution >= 4 is 5.91 Å². The topological polar surface area (TPSA) is 32.3 Å². The molecular formula is C16H22N2O. The zero-order chi connectivity index (χ0) is 13.3. The Bertz CT molecular complexity index is 453. The molecule has 1 aromatic rings. The number of amides is 1. The fraction of sp³-hybridized carbons (Fsp3) is 0.562. The minimum atomic E-state index is -0.217. The van der Waals surface area contributed by atoms with E-state index in [1.165, 1.54) is 12.0 Å². The van der Waals surface area contributed by atoms with Gasteiger partial charge in [-0.05, 0) is 44.3 Å². The normalized spacial score (nSPS) is 25.2. The third kappa shape index (κ3) is 2.52. The summed E-state index contributed by atoms with van der Waals surface area (Å²) in [6.07, 6.45) is 3.19. The van der Waals surface area contributed by atoms with Gasteiger partial charge in [-0.1, -0.05) is 30.3 Å². The predicted molar refractivity (Wildman–Crippen MR) is 76.0 cm³/mol. The van der Waals surface area contributed by atoms with E-state index in [9.17, 15) is 4.79 Å². The Labute approximate surface area is 115 Å². The molecule has 19 heavy (non-hydrogen) atoms. The molecule has 1 N–H and O–H groups in total. The second kappa shape index (κ2) is 4.97. The molecule has 2 aliphatic rings. The van der Waals surface area contributed by atoms with Crippen molar-refractivity contribution in [3.63, 3.8) is 0 Å². The summed E-state index contributed by atoms with van der Waals surface area (Å²) in [7, 11) is 2.15. The van der Waals surface area contributed by atoms with E-state index >= 15 is 0 Å². The zero-order valence-corrected chi connectivity index (χ0v) is 11.6. The van der Waals surface area contributed by atoms with Gasteiger partial charge < -0.3 is 10.2 Å². The summed E-state index contributed by atoms with van der Waals surface area (Å²) in [6, 6.07) is 10.2. The lowest BCUT2D eigenvalue weighted by Crippen LogP contribution is -2.38. The molecule has 0 bridgehead atoms. The van der Waals surface area contributed by atoms with Crippen LogP contribution in [-0.2, 0) is 10.2 Å². The summed E-state index contributed by atoms with van der Waals surface area (Å²) in [5.74, 6) is 0.855. The van der Waals surface area contributed by atoms with E-state index in [0.29, 0.717) is 5.92 Å². The summed E-state index contributed by atoms with van der Waals surface area (Å²) in [5, 5.41) is 3.18. The minimum absolute atomic E-state index is 0.217. The molecule has 1 unspecified atom stereocenters. The fourth-order valence-electron chi connectivity index (χ4n) is 3.13. The van der Waals surface area contributed by atoms with Crippen LogP contribution >= 0.6 is 0 Å². The zero-order valence-electron chi connectivity index (χ0n) is 11.6. The molecule has 0 radical (unpaired) electrons. The number of hydrogen-bond acceptors (Lipinski definition) is 2. The molecule has 0 spiro atoms. The first-order valence-electron chi connectivity index (χ1n) is 7.23. The van der Waals surface area contributed by atoms with Crippen LogP contribution in [0.15, 0.2) is 30.3 Å². The average Bonchev–Trinajstić information content (AvgIpc) is 3.15. The molecule has 1 amide bonds. The third-order valence-corrected chi connectivity index (χ3v) is 4.55. The van der Waals surface area contributed by atoms with Crippen LogP contribution in [0.1, 0.15) is 24.8 Å². The summed E-state index contributed by atoms with van der Waals surface area (Å²) < 4.78 is 0. The van der Waals surface area contributed by atoms with Crippen molar-refractivity contribution in [1.29, 1.82) is 0 Å². The smallest absolute Gasteiger partial charge is 0.230 e. The molecule has 3 nitrogen and oxygen atoms in total. The van der Waals surface area contributed by atoms with E-state index in [-0.39, 0.29) is 11.3 Å². The van der Waals surface area contributed by atoms with Gasteiger partial charge in [0.2, 0.25) is 5.91 Å². The van der Waals surface area contributed by atoms with Gasteiger partial charge in [0, 0.05) is 13.1 Å². The number of nitrogens with one attached hydrogen (secondary N) is 1. The molecule has 3 rings (SSSR count). The van der Waals surface area contributed by atoms with Crippen LogP contribution in [0.5, 0.6) is 0 Å². The number of carbonyl (C=O) groups excluding carboxylic acids is 1. The summed E-state index contributed by atoms with van der Waals surface area (Å²) >= 11 is 0. The molecule has 1 heterocycles. The summed E-state index contributed by atoms with van der Waals surface area (Å²) in [6.45, 7) is 3.10. The Morgan fingerprint density at radius 3 is 2.68 bits per heavy atom. The van der Waals surface area contributed by atoms with Crippen LogP contribution in [-0.4, -0.2) is 37.5 Å². The highest BCUT2D eigenvalue weighted by atomic mass is 16.2. The van der Waals surface area contributed by atoms with Gasteiger partial charge in [0.1, 0.15) is 0 Å². The average molecular weight is 258 g/mol. The van der Waals surface area contributed by atoms with Gasteiger partial charge in [0.05, 0.1) is 5.41 Å². The minimum Gasteiger partial charge on any atom is -0.355 e. The van der Waals surface area contributed by atoms with Crippen LogP contribution in [0, 0.1) is 5.92 Å². The number of likely N-dealkylation sites (tertiary alicyclic amines) is 1. The van der Waals surface area contributed by atoms with Crippen molar-refractivity contribution < 1.29 is 4.79 Å². The van der Waals surface area contributed by atoms with Crippen molar-refractivity contribution in [2.24, 2.45) is 5.92 Å². The fourth-order valence-corrected chi connectivity index (χ4v) is 3.13. The van der Waals surface area contributed by atoms with Crippen LogP contribution in [0.3, 0.4) is 0 Å². The maximum Gasteiger partial charge on any atom is 0.230 e. The maximum atomic E-state index is 12.4. The molecule has 102 valence electrons. The second-order valence-electron chi connectivity index (χ2n) is 6.08. The molecule has 1 saturated heterocycles. The Morgan fingerprint density at radius 1 is 1.37 bits per heavy atom. The summed E-state index contributed by atoms with van der Waals surface area (Å²) in [4.78, 5) is 14.8. The van der Waals surface area contributed by atoms with Gasteiger partial charge in [-0.2, -0.15) is 0 Å². The number of nitrogens with zero attached hydrogens (tertiary/aromatic N) is 1. The Morgan fingerprint density at radius 2 is 2.11 bits per heavy atom. The lowest BCUT2D eigenvalue weighted by Gasteiger charge is -2.18. The third-order valence-electron chi connectivity index (χ3n) is 4.55. The molecule has 1 aliphatic heterocycles.